The molecule has 1 heterocycles. The molecule has 0 bridgehead atoms. The van der Waals surface area contributed by atoms with Crippen LogP contribution in [0.1, 0.15) is 54.0 Å². The third-order valence-electron chi connectivity index (χ3n) is 4.72. The first-order chi connectivity index (χ1) is 12.0. The molecule has 0 aromatic heterocycles. The van der Waals surface area contributed by atoms with Crippen molar-refractivity contribution in [3.63, 3.8) is 0 Å². The Hall–Kier alpha value is -1.79. The van der Waals surface area contributed by atoms with E-state index in [1.54, 1.807) is 0 Å². The zero-order valence-electron chi connectivity index (χ0n) is 16.9. The van der Waals surface area contributed by atoms with Crippen LogP contribution in [0.2, 0.25) is 0 Å². The molecule has 0 atom stereocenters. The van der Waals surface area contributed by atoms with Crippen molar-refractivity contribution in [3.05, 3.63) is 35.3 Å². The van der Waals surface area contributed by atoms with Gasteiger partial charge in [0, 0.05) is 19.0 Å². The zero-order chi connectivity index (χ0) is 19.5. The first kappa shape index (κ1) is 20.5. The Bertz CT molecular complexity index is 666. The number of ether oxygens (including phenoxy) is 1. The minimum atomic E-state index is -0.529. The van der Waals surface area contributed by atoms with Crippen LogP contribution in [0.4, 0.5) is 0 Å². The second kappa shape index (κ2) is 7.84. The number of carbonyl (C=O) groups is 1. The molecule has 0 radical (unpaired) electrons. The third-order valence-corrected chi connectivity index (χ3v) is 4.72. The average Bonchev–Trinajstić information content (AvgIpc) is 2.72. The van der Waals surface area contributed by atoms with E-state index in [2.05, 4.69) is 5.32 Å². The van der Waals surface area contributed by atoms with Crippen molar-refractivity contribution in [2.75, 3.05) is 6.54 Å². The van der Waals surface area contributed by atoms with Crippen molar-refractivity contribution in [1.29, 1.82) is 0 Å². The van der Waals surface area contributed by atoms with Crippen molar-refractivity contribution in [3.8, 4) is 5.75 Å². The topological polar surface area (TPSA) is 56.8 Å². The molecule has 0 aliphatic carbocycles. The second-order valence-corrected chi connectivity index (χ2v) is 7.92. The Labute approximate surface area is 157 Å². The first-order valence-electron chi connectivity index (χ1n) is 9.08. The molecule has 1 aliphatic heterocycles. The van der Waals surface area contributed by atoms with E-state index in [4.69, 9.17) is 14.0 Å². The van der Waals surface area contributed by atoms with Gasteiger partial charge in [0.2, 0.25) is 5.91 Å². The van der Waals surface area contributed by atoms with Gasteiger partial charge in [-0.15, -0.1) is 0 Å². The van der Waals surface area contributed by atoms with Gasteiger partial charge in [0.1, 0.15) is 5.75 Å². The van der Waals surface area contributed by atoms with Gasteiger partial charge in [-0.25, -0.2) is 0 Å². The molecule has 0 unspecified atom stereocenters. The molecule has 6 heteroatoms. The van der Waals surface area contributed by atoms with Crippen LogP contribution in [0.25, 0.3) is 6.08 Å². The monoisotopic (exact) mass is 359 g/mol. The zero-order valence-corrected chi connectivity index (χ0v) is 16.9. The van der Waals surface area contributed by atoms with Crippen molar-refractivity contribution in [1.82, 2.24) is 5.32 Å². The van der Waals surface area contributed by atoms with Crippen molar-refractivity contribution < 1.29 is 18.8 Å². The molecule has 1 saturated heterocycles. The van der Waals surface area contributed by atoms with Crippen molar-refractivity contribution in [2.45, 2.75) is 65.8 Å². The molecule has 1 amide bonds. The minimum Gasteiger partial charge on any atom is -0.490 e. The van der Waals surface area contributed by atoms with Crippen LogP contribution in [0, 0.1) is 0 Å². The van der Waals surface area contributed by atoms with Crippen molar-refractivity contribution >= 4 is 19.1 Å². The Balaban J connectivity index is 2.37. The Morgan fingerprint density at radius 2 is 1.77 bits per heavy atom. The predicted octanol–water partition coefficient (Wildman–Crippen LogP) is 3.62. The summed E-state index contributed by atoms with van der Waals surface area (Å²) in [7, 11) is -0.529. The number of carbonyl (C=O) groups excluding carboxylic acids is 1. The van der Waals surface area contributed by atoms with E-state index in [9.17, 15) is 4.79 Å². The van der Waals surface area contributed by atoms with Crippen molar-refractivity contribution in [2.24, 2.45) is 0 Å². The van der Waals surface area contributed by atoms with Gasteiger partial charge in [0.05, 0.1) is 17.3 Å². The summed E-state index contributed by atoms with van der Waals surface area (Å²) in [6, 6.07) is 7.82. The Morgan fingerprint density at radius 3 is 2.31 bits per heavy atom. The van der Waals surface area contributed by atoms with Crippen LogP contribution in [-0.2, 0) is 14.1 Å². The summed E-state index contributed by atoms with van der Waals surface area (Å²) >= 11 is 0. The van der Waals surface area contributed by atoms with Crippen LogP contribution in [0.3, 0.4) is 0 Å². The SMILES string of the molecule is CC(=O)NCC(=Cc1ccccc1OC(C)C)B1OC(C)(C)C(C)(C)O1. The highest BCUT2D eigenvalue weighted by Crippen LogP contribution is 2.39. The highest BCUT2D eigenvalue weighted by molar-refractivity contribution is 6.56. The maximum Gasteiger partial charge on any atom is 0.492 e. The molecule has 2 rings (SSSR count). The van der Waals surface area contributed by atoms with Gasteiger partial charge in [-0.3, -0.25) is 4.79 Å². The predicted molar refractivity (Wildman–Crippen MR) is 105 cm³/mol. The van der Waals surface area contributed by atoms with E-state index >= 15 is 0 Å². The van der Waals surface area contributed by atoms with Crippen LogP contribution in [-0.4, -0.2) is 36.9 Å². The Kier molecular flexibility index (Phi) is 6.19. The van der Waals surface area contributed by atoms with E-state index in [0.717, 1.165) is 16.8 Å². The molecular formula is C20H30BNO4. The fraction of sp³-hybridized carbons (Fsp3) is 0.550. The standard InChI is InChI=1S/C20H30BNO4/c1-14(2)24-18-11-9-8-10-16(18)12-17(13-22-15(3)23)21-25-19(4,5)20(6,7)26-21/h8-12,14H,13H2,1-7H3,(H,22,23). The molecule has 0 saturated carbocycles. The summed E-state index contributed by atoms with van der Waals surface area (Å²) < 4.78 is 18.2. The maximum absolute atomic E-state index is 11.4. The fourth-order valence-corrected chi connectivity index (χ4v) is 2.58. The molecule has 5 nitrogen and oxygen atoms in total. The van der Waals surface area contributed by atoms with Crippen LogP contribution < -0.4 is 10.1 Å². The highest BCUT2D eigenvalue weighted by Gasteiger charge is 2.52. The Morgan fingerprint density at radius 1 is 1.19 bits per heavy atom. The second-order valence-electron chi connectivity index (χ2n) is 7.92. The minimum absolute atomic E-state index is 0.0696. The third kappa shape index (κ3) is 4.89. The smallest absolute Gasteiger partial charge is 0.490 e. The summed E-state index contributed by atoms with van der Waals surface area (Å²) in [5, 5.41) is 2.85. The van der Waals surface area contributed by atoms with Gasteiger partial charge in [-0.2, -0.15) is 0 Å². The number of para-hydroxylation sites is 1. The number of amides is 1. The van der Waals surface area contributed by atoms with Crippen LogP contribution >= 0.6 is 0 Å². The van der Waals surface area contributed by atoms with E-state index in [1.165, 1.54) is 6.92 Å². The fourth-order valence-electron chi connectivity index (χ4n) is 2.58. The van der Waals surface area contributed by atoms with E-state index in [-0.39, 0.29) is 12.0 Å². The summed E-state index contributed by atoms with van der Waals surface area (Å²) in [6.07, 6.45) is 2.05. The normalized spacial score (nSPS) is 18.9. The van der Waals surface area contributed by atoms with Crippen LogP contribution in [0.15, 0.2) is 29.7 Å². The number of hydrogen-bond acceptors (Lipinski definition) is 4. The maximum atomic E-state index is 11.4. The molecule has 1 fully saturated rings. The molecular weight excluding hydrogens is 329 g/mol. The first-order valence-corrected chi connectivity index (χ1v) is 9.08. The van der Waals surface area contributed by atoms with Gasteiger partial charge in [-0.1, -0.05) is 24.3 Å². The quantitative estimate of drug-likeness (QED) is 0.788. The molecule has 1 aromatic carbocycles. The average molecular weight is 359 g/mol. The molecule has 1 N–H and O–H groups in total. The lowest BCUT2D eigenvalue weighted by Gasteiger charge is -2.32. The van der Waals surface area contributed by atoms with E-state index in [1.807, 2.05) is 71.9 Å². The largest absolute Gasteiger partial charge is 0.492 e. The van der Waals surface area contributed by atoms with Crippen LogP contribution in [0.5, 0.6) is 5.75 Å². The summed E-state index contributed by atoms with van der Waals surface area (Å²) in [5.41, 5.74) is 0.886. The molecule has 1 aliphatic rings. The molecule has 142 valence electrons. The summed E-state index contributed by atoms with van der Waals surface area (Å²) in [5.74, 6) is 0.693. The highest BCUT2D eigenvalue weighted by atomic mass is 16.7. The number of hydrogen-bond donors (Lipinski definition) is 1. The number of nitrogens with one attached hydrogen (secondary N) is 1. The van der Waals surface area contributed by atoms with Gasteiger partial charge in [-0.05, 0) is 53.1 Å². The lowest BCUT2D eigenvalue weighted by Crippen LogP contribution is -2.41. The number of benzene rings is 1. The molecule has 0 spiro atoms. The molecule has 26 heavy (non-hydrogen) atoms. The van der Waals surface area contributed by atoms with E-state index < -0.39 is 18.3 Å². The van der Waals surface area contributed by atoms with Gasteiger partial charge >= 0.3 is 7.12 Å². The summed E-state index contributed by atoms with van der Waals surface area (Å²) in [4.78, 5) is 11.4. The lowest BCUT2D eigenvalue weighted by molar-refractivity contribution is -0.118. The van der Waals surface area contributed by atoms with Gasteiger partial charge < -0.3 is 19.4 Å². The molecule has 1 aromatic rings. The van der Waals surface area contributed by atoms with E-state index in [0.29, 0.717) is 6.54 Å². The number of rotatable bonds is 6. The van der Waals surface area contributed by atoms with Gasteiger partial charge in [0.25, 0.3) is 0 Å². The summed E-state index contributed by atoms with van der Waals surface area (Å²) in [6.45, 7) is 13.9. The van der Waals surface area contributed by atoms with Gasteiger partial charge in [0.15, 0.2) is 0 Å². The lowest BCUT2D eigenvalue weighted by atomic mass is 9.77.